The molecular weight excluding hydrogens is 434 g/mol. The molecule has 1 atom stereocenters. The number of nitrogens with zero attached hydrogens (tertiary/aromatic N) is 2. The highest BCUT2D eigenvalue weighted by Crippen LogP contribution is 2.28. The van der Waals surface area contributed by atoms with E-state index in [-0.39, 0.29) is 11.9 Å². The number of amides is 1. The highest BCUT2D eigenvalue weighted by atomic mass is 35.5. The summed E-state index contributed by atoms with van der Waals surface area (Å²) in [5.41, 5.74) is 4.58. The molecule has 0 fully saturated rings. The van der Waals surface area contributed by atoms with Gasteiger partial charge in [0.05, 0.1) is 22.8 Å². The molecule has 158 valence electrons. The van der Waals surface area contributed by atoms with Gasteiger partial charge < -0.3 is 5.32 Å². The summed E-state index contributed by atoms with van der Waals surface area (Å²) >= 11 is 9.69. The Labute approximate surface area is 191 Å². The fourth-order valence-electron chi connectivity index (χ4n) is 3.37. The molecule has 0 bridgehead atoms. The van der Waals surface area contributed by atoms with Crippen LogP contribution in [0.2, 0.25) is 5.02 Å². The number of halogens is 1. The predicted octanol–water partition coefficient (Wildman–Crippen LogP) is 5.90. The van der Waals surface area contributed by atoms with Crippen molar-refractivity contribution < 1.29 is 4.79 Å². The van der Waals surface area contributed by atoms with Gasteiger partial charge in [0.25, 0.3) is 5.91 Å². The summed E-state index contributed by atoms with van der Waals surface area (Å²) in [6.45, 7) is 6.50. The normalized spacial score (nSPS) is 12.1. The second kappa shape index (κ2) is 11.5. The molecule has 4 nitrogen and oxygen atoms in total. The first-order chi connectivity index (χ1) is 14.6. The lowest BCUT2D eigenvalue weighted by atomic mass is 10.0. The molecule has 0 saturated heterocycles. The van der Waals surface area contributed by atoms with Crippen LogP contribution >= 0.6 is 34.7 Å². The number of thioether (sulfide) groups is 1. The topological polar surface area (TPSA) is 45.2 Å². The van der Waals surface area contributed by atoms with Crippen LogP contribution in [0.25, 0.3) is 0 Å². The Kier molecular flexibility index (Phi) is 8.75. The molecule has 3 aromatic rings. The third kappa shape index (κ3) is 5.85. The minimum Gasteiger partial charge on any atom is -0.350 e. The van der Waals surface area contributed by atoms with Crippen LogP contribution in [0.5, 0.6) is 0 Å². The number of hydrogen-bond acceptors (Lipinski definition) is 5. The van der Waals surface area contributed by atoms with Crippen molar-refractivity contribution >= 4 is 40.6 Å². The first-order valence-corrected chi connectivity index (χ1v) is 12.3. The van der Waals surface area contributed by atoms with Crippen molar-refractivity contribution in [3.05, 3.63) is 81.3 Å². The van der Waals surface area contributed by atoms with Gasteiger partial charge in [-0.05, 0) is 36.9 Å². The molecule has 1 heterocycles. The fourth-order valence-corrected chi connectivity index (χ4v) is 5.25. The van der Waals surface area contributed by atoms with Crippen LogP contribution < -0.4 is 5.32 Å². The molecule has 0 saturated carbocycles. The summed E-state index contributed by atoms with van der Waals surface area (Å²) in [5, 5.41) is 5.90. The number of nitrogens with one attached hydrogen (secondary N) is 1. The number of likely N-dealkylation sites (N-methyl/N-ethyl adjacent to an activating group) is 1. The molecule has 1 unspecified atom stereocenters. The second-order valence-corrected chi connectivity index (χ2v) is 8.88. The van der Waals surface area contributed by atoms with E-state index in [1.165, 1.54) is 0 Å². The maximum Gasteiger partial charge on any atom is 0.252 e. The fraction of sp³-hybridized carbons (Fsp3) is 0.304. The number of carbonyl (C=O) groups excluding carboxylic acids is 1. The molecule has 1 aromatic heterocycles. The SMILES string of the molecule is CCN(CC)C(CNC(=O)c1ccccc1SCc1cscn1)c1ccccc1Cl. The molecule has 0 spiro atoms. The van der Waals surface area contributed by atoms with Crippen LogP contribution in [0.15, 0.2) is 64.3 Å². The highest BCUT2D eigenvalue weighted by Gasteiger charge is 2.22. The standard InChI is InChI=1S/C23H26ClN3OS2/c1-3-27(4-2)21(18-9-5-7-11-20(18)24)13-25-23(28)19-10-6-8-12-22(19)30-15-17-14-29-16-26-17/h5-12,14,16,21H,3-4,13,15H2,1-2H3,(H,25,28). The molecule has 7 heteroatoms. The Morgan fingerprint density at radius 3 is 2.60 bits per heavy atom. The molecule has 1 N–H and O–H groups in total. The third-order valence-corrected chi connectivity index (χ3v) is 7.05. The molecule has 3 rings (SSSR count). The average molecular weight is 460 g/mol. The number of hydrogen-bond donors (Lipinski definition) is 1. The van der Waals surface area contributed by atoms with Gasteiger partial charge in [-0.15, -0.1) is 23.1 Å². The number of benzene rings is 2. The van der Waals surface area contributed by atoms with Crippen LogP contribution in [-0.4, -0.2) is 35.4 Å². The van der Waals surface area contributed by atoms with Gasteiger partial charge in [-0.1, -0.05) is 55.8 Å². The lowest BCUT2D eigenvalue weighted by Gasteiger charge is -2.31. The van der Waals surface area contributed by atoms with E-state index < -0.39 is 0 Å². The Bertz CT molecular complexity index is 945. The summed E-state index contributed by atoms with van der Waals surface area (Å²) in [6, 6.07) is 15.6. The van der Waals surface area contributed by atoms with Crippen molar-refractivity contribution in [1.82, 2.24) is 15.2 Å². The maximum absolute atomic E-state index is 13.1. The summed E-state index contributed by atoms with van der Waals surface area (Å²) in [5.74, 6) is 0.677. The Balaban J connectivity index is 1.73. The average Bonchev–Trinajstić information content (AvgIpc) is 3.29. The number of carbonyl (C=O) groups is 1. The van der Waals surface area contributed by atoms with Crippen LogP contribution in [-0.2, 0) is 5.75 Å². The van der Waals surface area contributed by atoms with Crippen LogP contribution in [0.1, 0.15) is 41.5 Å². The first kappa shape index (κ1) is 22.8. The molecule has 0 aliphatic heterocycles. The molecule has 0 aliphatic rings. The van der Waals surface area contributed by atoms with E-state index in [1.54, 1.807) is 23.1 Å². The lowest BCUT2D eigenvalue weighted by Crippen LogP contribution is -2.38. The van der Waals surface area contributed by atoms with Crippen molar-refractivity contribution in [2.75, 3.05) is 19.6 Å². The molecule has 2 aromatic carbocycles. The maximum atomic E-state index is 13.1. The van der Waals surface area contributed by atoms with Gasteiger partial charge in [-0.2, -0.15) is 0 Å². The summed E-state index contributed by atoms with van der Waals surface area (Å²) in [6.07, 6.45) is 0. The van der Waals surface area contributed by atoms with E-state index in [4.69, 9.17) is 11.6 Å². The van der Waals surface area contributed by atoms with Crippen molar-refractivity contribution in [3.8, 4) is 0 Å². The molecule has 30 heavy (non-hydrogen) atoms. The van der Waals surface area contributed by atoms with E-state index in [9.17, 15) is 4.79 Å². The van der Waals surface area contributed by atoms with Gasteiger partial charge in [0.1, 0.15) is 0 Å². The quantitative estimate of drug-likeness (QED) is 0.383. The van der Waals surface area contributed by atoms with E-state index in [0.717, 1.165) is 40.0 Å². The number of aromatic nitrogens is 1. The Morgan fingerprint density at radius 2 is 1.90 bits per heavy atom. The van der Waals surface area contributed by atoms with Crippen LogP contribution in [0.4, 0.5) is 0 Å². The first-order valence-electron chi connectivity index (χ1n) is 9.99. The van der Waals surface area contributed by atoms with Crippen molar-refractivity contribution in [3.63, 3.8) is 0 Å². The van der Waals surface area contributed by atoms with E-state index in [1.807, 2.05) is 59.4 Å². The highest BCUT2D eigenvalue weighted by molar-refractivity contribution is 7.98. The zero-order valence-electron chi connectivity index (χ0n) is 17.2. The molecule has 1 amide bonds. The van der Waals surface area contributed by atoms with Crippen molar-refractivity contribution in [1.29, 1.82) is 0 Å². The number of rotatable bonds is 10. The summed E-state index contributed by atoms with van der Waals surface area (Å²) in [7, 11) is 0. The van der Waals surface area contributed by atoms with Gasteiger partial charge in [0, 0.05) is 27.6 Å². The summed E-state index contributed by atoms with van der Waals surface area (Å²) < 4.78 is 0. The Morgan fingerprint density at radius 1 is 1.17 bits per heavy atom. The van der Waals surface area contributed by atoms with Gasteiger partial charge in [0.2, 0.25) is 0 Å². The predicted molar refractivity (Wildman–Crippen MR) is 128 cm³/mol. The zero-order chi connectivity index (χ0) is 21.3. The number of thiazole rings is 1. The van der Waals surface area contributed by atoms with Gasteiger partial charge in [0.15, 0.2) is 0 Å². The van der Waals surface area contributed by atoms with Crippen molar-refractivity contribution in [2.45, 2.75) is 30.5 Å². The van der Waals surface area contributed by atoms with E-state index in [2.05, 4.69) is 29.0 Å². The van der Waals surface area contributed by atoms with Gasteiger partial charge in [-0.25, -0.2) is 4.98 Å². The van der Waals surface area contributed by atoms with Gasteiger partial charge in [-0.3, -0.25) is 9.69 Å². The second-order valence-electron chi connectivity index (χ2n) is 6.73. The minimum absolute atomic E-state index is 0.0208. The smallest absolute Gasteiger partial charge is 0.252 e. The monoisotopic (exact) mass is 459 g/mol. The van der Waals surface area contributed by atoms with Crippen LogP contribution in [0.3, 0.4) is 0 Å². The van der Waals surface area contributed by atoms with E-state index in [0.29, 0.717) is 12.1 Å². The summed E-state index contributed by atoms with van der Waals surface area (Å²) in [4.78, 5) is 20.7. The molecule has 0 radical (unpaired) electrons. The minimum atomic E-state index is -0.0689. The molecule has 0 aliphatic carbocycles. The molecular formula is C23H26ClN3OS2. The van der Waals surface area contributed by atoms with Crippen molar-refractivity contribution in [2.24, 2.45) is 0 Å². The van der Waals surface area contributed by atoms with E-state index >= 15 is 0 Å². The zero-order valence-corrected chi connectivity index (χ0v) is 19.6. The third-order valence-electron chi connectivity index (χ3n) is 4.96. The Hall–Kier alpha value is -1.86. The van der Waals surface area contributed by atoms with Gasteiger partial charge >= 0.3 is 0 Å². The lowest BCUT2D eigenvalue weighted by molar-refractivity contribution is 0.0932. The largest absolute Gasteiger partial charge is 0.350 e. The van der Waals surface area contributed by atoms with Crippen LogP contribution in [0, 0.1) is 0 Å².